The molecule has 78 heavy (non-hydrogen) atoms. The van der Waals surface area contributed by atoms with Crippen molar-refractivity contribution in [2.24, 2.45) is 11.7 Å². The van der Waals surface area contributed by atoms with E-state index in [9.17, 15) is 53.4 Å². The Morgan fingerprint density at radius 2 is 0.654 bits per heavy atom. The molecule has 0 aliphatic carbocycles. The Hall–Kier alpha value is -9.55. The van der Waals surface area contributed by atoms with Gasteiger partial charge in [-0.2, -0.15) is 0 Å². The number of amides is 7. The molecule has 31 nitrogen and oxygen atoms in total. The fourth-order valence-corrected chi connectivity index (χ4v) is 8.01. The molecular formula is C47H62N20O11. The largest absolute Gasteiger partial charge is 0.481 e. The molecule has 0 saturated carbocycles. The fourth-order valence-electron chi connectivity index (χ4n) is 8.01. The number of hydrogen-bond donors (Lipinski definition) is 16. The first kappa shape index (κ1) is 57.7. The molecule has 0 fully saturated rings. The minimum Gasteiger partial charge on any atom is -0.481 e. The maximum Gasteiger partial charge on any atom is 0.326 e. The van der Waals surface area contributed by atoms with Crippen LogP contribution in [0.25, 0.3) is 0 Å². The number of carbonyl (C=O) groups excluding carboxylic acids is 7. The lowest BCUT2D eigenvalue weighted by atomic mass is 10.0. The zero-order chi connectivity index (χ0) is 56.1. The average molecular weight is 1080 g/mol. The molecule has 0 bridgehead atoms. The average Bonchev–Trinajstić information content (AvgIpc) is 4.26. The van der Waals surface area contributed by atoms with Crippen molar-refractivity contribution in [2.45, 2.75) is 120 Å². The Balaban J connectivity index is 1.24. The maximum atomic E-state index is 14.6. The van der Waals surface area contributed by atoms with Crippen LogP contribution in [0, 0.1) is 5.92 Å². The highest BCUT2D eigenvalue weighted by Gasteiger charge is 2.36. The van der Waals surface area contributed by atoms with E-state index in [1.807, 2.05) is 13.8 Å². The highest BCUT2D eigenvalue weighted by molar-refractivity contribution is 5.98. The summed E-state index contributed by atoms with van der Waals surface area (Å²) in [5.41, 5.74) is 8.33. The van der Waals surface area contributed by atoms with Gasteiger partial charge in [0.05, 0.1) is 44.0 Å². The summed E-state index contributed by atoms with van der Waals surface area (Å²) in [5, 5.41) is 37.7. The number of carboxylic acids is 2. The van der Waals surface area contributed by atoms with Crippen molar-refractivity contribution in [1.82, 2.24) is 97.0 Å². The minimum atomic E-state index is -1.51. The third kappa shape index (κ3) is 18.1. The normalized spacial score (nSPS) is 14.3. The lowest BCUT2D eigenvalue weighted by molar-refractivity contribution is -0.142. The topological polar surface area (TPSA) is 476 Å². The summed E-state index contributed by atoms with van der Waals surface area (Å²) in [6, 6.07) is -11.4. The molecule has 0 aromatic carbocycles. The van der Waals surface area contributed by atoms with Gasteiger partial charge in [-0.1, -0.05) is 13.8 Å². The number of aliphatic carboxylic acids is 2. The molecule has 6 rings (SSSR count). The number of rotatable bonds is 32. The van der Waals surface area contributed by atoms with Crippen LogP contribution in [0.4, 0.5) is 0 Å². The Kier molecular flexibility index (Phi) is 21.0. The SMILES string of the molecule is CC(C)C[C@H](N)C(=O)N[C@@H](CCC(=O)O)C(=O)N[C@@H](Cc1cnc[nH]1)C(=O)N[C@@H](Cc1cnc[nH]1)C(=O)N[C@@H](Cc1cnc[nH]1)C(=O)N[C@@H](Cc1cnc[nH]1)C(=O)N[C@@H](Cc1cnc[nH]1)C(=O)N[C@@H](Cc1cnc[nH]1)C(=O)O. The third-order valence-corrected chi connectivity index (χ3v) is 12.0. The van der Waals surface area contributed by atoms with E-state index in [4.69, 9.17) is 5.73 Å². The summed E-state index contributed by atoms with van der Waals surface area (Å²) in [7, 11) is 0. The zero-order valence-electron chi connectivity index (χ0n) is 42.3. The van der Waals surface area contributed by atoms with Crippen molar-refractivity contribution < 1.29 is 53.4 Å². The van der Waals surface area contributed by atoms with Gasteiger partial charge >= 0.3 is 11.9 Å². The molecule has 6 heterocycles. The predicted molar refractivity (Wildman–Crippen MR) is 269 cm³/mol. The van der Waals surface area contributed by atoms with Crippen molar-refractivity contribution in [3.63, 3.8) is 0 Å². The van der Waals surface area contributed by atoms with Crippen LogP contribution in [-0.2, 0) is 81.7 Å². The Bertz CT molecular complexity index is 2860. The lowest BCUT2D eigenvalue weighted by Gasteiger charge is -2.28. The Labute approximate surface area is 443 Å². The van der Waals surface area contributed by atoms with Crippen LogP contribution in [0.15, 0.2) is 75.1 Å². The van der Waals surface area contributed by atoms with E-state index in [1.165, 1.54) is 75.1 Å². The van der Waals surface area contributed by atoms with E-state index in [-0.39, 0.29) is 57.3 Å². The second-order valence-corrected chi connectivity index (χ2v) is 18.6. The molecule has 6 aromatic heterocycles. The quantitative estimate of drug-likeness (QED) is 0.0195. The van der Waals surface area contributed by atoms with E-state index in [2.05, 4.69) is 97.0 Å². The van der Waals surface area contributed by atoms with Crippen LogP contribution < -0.4 is 43.0 Å². The molecule has 31 heteroatoms. The number of nitrogens with zero attached hydrogens (tertiary/aromatic N) is 6. The third-order valence-electron chi connectivity index (χ3n) is 12.0. The van der Waals surface area contributed by atoms with E-state index >= 15 is 0 Å². The summed E-state index contributed by atoms with van der Waals surface area (Å²) < 4.78 is 0. The number of carbonyl (C=O) groups is 9. The van der Waals surface area contributed by atoms with Crippen molar-refractivity contribution in [3.8, 4) is 0 Å². The molecule has 0 spiro atoms. The monoisotopic (exact) mass is 1080 g/mol. The molecule has 416 valence electrons. The summed E-state index contributed by atoms with van der Waals surface area (Å²) in [6.45, 7) is 3.69. The number of H-pyrrole nitrogens is 6. The van der Waals surface area contributed by atoms with Crippen LogP contribution >= 0.6 is 0 Å². The molecule has 7 amide bonds. The molecule has 0 aliphatic heterocycles. The maximum absolute atomic E-state index is 14.6. The van der Waals surface area contributed by atoms with E-state index in [0.717, 1.165) is 0 Å². The van der Waals surface area contributed by atoms with Gasteiger partial charge in [-0.15, -0.1) is 0 Å². The summed E-state index contributed by atoms with van der Waals surface area (Å²) in [6.07, 6.45) is 14.5. The van der Waals surface area contributed by atoms with Gasteiger partial charge in [0, 0.05) is 116 Å². The van der Waals surface area contributed by atoms with Crippen LogP contribution in [0.3, 0.4) is 0 Å². The van der Waals surface area contributed by atoms with Gasteiger partial charge < -0.3 is 83.1 Å². The van der Waals surface area contributed by atoms with Crippen molar-refractivity contribution in [3.05, 3.63) is 109 Å². The number of nitrogens with two attached hydrogens (primary N) is 1. The first-order valence-electron chi connectivity index (χ1n) is 24.6. The molecule has 0 aliphatic rings. The molecular weight excluding hydrogens is 1020 g/mol. The molecule has 8 atom stereocenters. The van der Waals surface area contributed by atoms with Crippen molar-refractivity contribution in [1.29, 1.82) is 0 Å². The number of nitrogens with one attached hydrogen (secondary N) is 13. The van der Waals surface area contributed by atoms with Crippen molar-refractivity contribution >= 4 is 53.3 Å². The lowest BCUT2D eigenvalue weighted by Crippen LogP contribution is -2.61. The number of aromatic amines is 6. The second kappa shape index (κ2) is 28.4. The van der Waals surface area contributed by atoms with Gasteiger partial charge in [-0.3, -0.25) is 38.4 Å². The van der Waals surface area contributed by atoms with Gasteiger partial charge in [-0.25, -0.2) is 34.7 Å². The molecule has 0 unspecified atom stereocenters. The Morgan fingerprint density at radius 1 is 0.410 bits per heavy atom. The molecule has 6 aromatic rings. The summed E-state index contributed by atoms with van der Waals surface area (Å²) in [5.74, 6) is -8.81. The van der Waals surface area contributed by atoms with Gasteiger partial charge in [0.2, 0.25) is 41.4 Å². The van der Waals surface area contributed by atoms with Crippen molar-refractivity contribution in [2.75, 3.05) is 0 Å². The summed E-state index contributed by atoms with van der Waals surface area (Å²) in [4.78, 5) is 164. The van der Waals surface area contributed by atoms with E-state index < -0.39 is 108 Å². The second-order valence-electron chi connectivity index (χ2n) is 18.6. The number of hydrogen-bond acceptors (Lipinski definition) is 16. The Morgan fingerprint density at radius 3 is 0.885 bits per heavy atom. The zero-order valence-corrected chi connectivity index (χ0v) is 42.3. The molecule has 0 saturated heterocycles. The van der Waals surface area contributed by atoms with E-state index in [1.54, 1.807) is 0 Å². The first-order chi connectivity index (χ1) is 37.4. The fraction of sp³-hybridized carbons (Fsp3) is 0.426. The van der Waals surface area contributed by atoms with Crippen LogP contribution in [0.1, 0.15) is 67.3 Å². The van der Waals surface area contributed by atoms with Gasteiger partial charge in [-0.05, 0) is 18.8 Å². The van der Waals surface area contributed by atoms with Gasteiger partial charge in [0.1, 0.15) is 42.3 Å². The molecule has 0 radical (unpaired) electrons. The summed E-state index contributed by atoms with van der Waals surface area (Å²) >= 11 is 0. The van der Waals surface area contributed by atoms with E-state index in [0.29, 0.717) is 34.2 Å². The standard InChI is InChI=1S/C47H62N20O11/c1-24(2)5-31(48)40(70)61-32(3-4-39(68)69)41(71)62-33(6-25-12-49-18-55-25)42(72)63-34(7-26-13-50-19-56-26)43(73)64-35(8-27-14-51-20-57-27)44(74)65-36(9-28-15-52-21-58-28)45(75)66-37(10-29-16-53-22-59-29)46(76)67-38(47(77)78)11-30-17-54-23-60-30/h12-24,31-38H,3-11,48H2,1-2H3,(H,49,55)(H,50,56)(H,51,57)(H,52,58)(H,53,59)(H,54,60)(H,61,70)(H,62,71)(H,63,72)(H,64,73)(H,65,74)(H,66,75)(H,67,76)(H,68,69)(H,77,78)/t31-,32-,33-,34-,35-,36-,37-,38-/m0/s1. The number of imidazole rings is 6. The van der Waals surface area contributed by atoms with Gasteiger partial charge in [0.15, 0.2) is 0 Å². The van der Waals surface area contributed by atoms with Crippen LogP contribution in [-0.4, -0.2) is 172 Å². The minimum absolute atomic E-state index is 0.0122. The highest BCUT2D eigenvalue weighted by atomic mass is 16.4. The highest BCUT2D eigenvalue weighted by Crippen LogP contribution is 2.11. The molecule has 17 N–H and O–H groups in total. The number of aromatic nitrogens is 12. The smallest absolute Gasteiger partial charge is 0.326 e. The van der Waals surface area contributed by atoms with Gasteiger partial charge in [0.25, 0.3) is 0 Å². The first-order valence-corrected chi connectivity index (χ1v) is 24.6. The van der Waals surface area contributed by atoms with Crippen LogP contribution in [0.2, 0.25) is 0 Å². The predicted octanol–water partition coefficient (Wildman–Crippen LogP) is -3.50. The number of carboxylic acid groups (broad SMARTS) is 2. The van der Waals surface area contributed by atoms with Crippen LogP contribution in [0.5, 0.6) is 0 Å².